The number of phenolic OH excluding ortho intramolecular Hbond substituents is 1. The van der Waals surface area contributed by atoms with Crippen LogP contribution in [0.3, 0.4) is 0 Å². The molecule has 1 aromatic heterocycles. The number of benzene rings is 3. The quantitative estimate of drug-likeness (QED) is 0.250. The van der Waals surface area contributed by atoms with Crippen molar-refractivity contribution in [2.24, 2.45) is 5.92 Å². The normalized spacial score (nSPS) is 14.6. The van der Waals surface area contributed by atoms with Crippen molar-refractivity contribution in [1.82, 2.24) is 20.0 Å². The first-order valence-corrected chi connectivity index (χ1v) is 13.6. The van der Waals surface area contributed by atoms with E-state index < -0.39 is 0 Å². The molecule has 5 rings (SSSR count). The summed E-state index contributed by atoms with van der Waals surface area (Å²) in [7, 11) is 0. The molecule has 1 amide bonds. The molecule has 1 aliphatic heterocycles. The molecule has 0 saturated carbocycles. The number of carbonyl (C=O) groups excluding carboxylic acids is 1. The number of amides is 1. The Morgan fingerprint density at radius 1 is 1.08 bits per heavy atom. The van der Waals surface area contributed by atoms with Gasteiger partial charge in [0.1, 0.15) is 11.6 Å². The molecule has 0 unspecified atom stereocenters. The van der Waals surface area contributed by atoms with Crippen LogP contribution in [0.2, 0.25) is 0 Å². The fourth-order valence-electron chi connectivity index (χ4n) is 4.98. The Morgan fingerprint density at radius 3 is 2.50 bits per heavy atom. The van der Waals surface area contributed by atoms with Crippen molar-refractivity contribution < 1.29 is 9.90 Å². The Hall–Kier alpha value is -3.84. The summed E-state index contributed by atoms with van der Waals surface area (Å²) < 4.78 is 2.76. The molecule has 0 atom stereocenters. The van der Waals surface area contributed by atoms with Crippen LogP contribution in [-0.2, 0) is 0 Å². The van der Waals surface area contributed by atoms with Crippen molar-refractivity contribution in [2.75, 3.05) is 19.6 Å². The average Bonchev–Trinajstić information content (AvgIpc) is 3.28. The molecule has 1 fully saturated rings. The Labute approximate surface area is 231 Å². The summed E-state index contributed by atoms with van der Waals surface area (Å²) in [5.74, 6) is 1.49. The van der Waals surface area contributed by atoms with E-state index in [2.05, 4.69) is 32.9 Å². The van der Waals surface area contributed by atoms with E-state index in [4.69, 9.17) is 0 Å². The van der Waals surface area contributed by atoms with Gasteiger partial charge in [-0.3, -0.25) is 4.79 Å². The van der Waals surface area contributed by atoms with Crippen molar-refractivity contribution in [2.45, 2.75) is 19.8 Å². The highest BCUT2D eigenvalue weighted by Gasteiger charge is 2.25. The SMILES string of the molecule is C=C(/C=C(/NCC1CCN(C(=O)c2cccc3ccccc23)CC1)n1ncc(Br)c1C)c1ccccc1O. The van der Waals surface area contributed by atoms with Crippen LogP contribution in [0.15, 0.2) is 90.1 Å². The number of piperidine rings is 1. The second-order valence-corrected chi connectivity index (χ2v) is 10.6. The molecule has 0 radical (unpaired) electrons. The zero-order valence-electron chi connectivity index (χ0n) is 21.4. The third-order valence-corrected chi connectivity index (χ3v) is 8.01. The van der Waals surface area contributed by atoms with E-state index in [1.165, 1.54) is 0 Å². The van der Waals surface area contributed by atoms with Gasteiger partial charge in [0.05, 0.1) is 16.4 Å². The number of rotatable bonds is 7. The summed E-state index contributed by atoms with van der Waals surface area (Å²) >= 11 is 3.55. The van der Waals surface area contributed by atoms with Crippen LogP contribution < -0.4 is 5.32 Å². The molecule has 7 heteroatoms. The van der Waals surface area contributed by atoms with Crippen LogP contribution in [-0.4, -0.2) is 45.3 Å². The number of aromatic hydroxyl groups is 1. The largest absolute Gasteiger partial charge is 0.507 e. The van der Waals surface area contributed by atoms with Crippen LogP contribution in [0.25, 0.3) is 22.2 Å². The van der Waals surface area contributed by atoms with Gasteiger partial charge in [0.2, 0.25) is 0 Å². The molecule has 0 aliphatic carbocycles. The molecule has 2 heterocycles. The second-order valence-electron chi connectivity index (χ2n) is 9.70. The number of carbonyl (C=O) groups is 1. The van der Waals surface area contributed by atoms with Crippen molar-refractivity contribution in [3.63, 3.8) is 0 Å². The van der Waals surface area contributed by atoms with Crippen LogP contribution in [0.5, 0.6) is 5.75 Å². The smallest absolute Gasteiger partial charge is 0.254 e. The second kappa shape index (κ2) is 11.3. The van der Waals surface area contributed by atoms with Crippen LogP contribution in [0, 0.1) is 12.8 Å². The molecule has 0 bridgehead atoms. The summed E-state index contributed by atoms with van der Waals surface area (Å²) in [4.78, 5) is 15.3. The average molecular weight is 572 g/mol. The Bertz CT molecular complexity index is 1510. The minimum Gasteiger partial charge on any atom is -0.507 e. The molecule has 6 nitrogen and oxygen atoms in total. The Morgan fingerprint density at radius 2 is 1.76 bits per heavy atom. The van der Waals surface area contributed by atoms with Gasteiger partial charge in [0.15, 0.2) is 0 Å². The molecule has 4 aromatic rings. The molecule has 194 valence electrons. The highest BCUT2D eigenvalue weighted by Crippen LogP contribution is 2.27. The van der Waals surface area contributed by atoms with Crippen molar-refractivity contribution in [1.29, 1.82) is 0 Å². The van der Waals surface area contributed by atoms with E-state index in [1.54, 1.807) is 18.3 Å². The van der Waals surface area contributed by atoms with E-state index in [0.29, 0.717) is 17.1 Å². The van der Waals surface area contributed by atoms with Crippen molar-refractivity contribution in [3.8, 4) is 5.75 Å². The van der Waals surface area contributed by atoms with E-state index in [1.807, 2.05) is 77.2 Å². The molecule has 0 spiro atoms. The number of phenols is 1. The van der Waals surface area contributed by atoms with E-state index in [0.717, 1.165) is 64.8 Å². The van der Waals surface area contributed by atoms with Crippen molar-refractivity contribution in [3.05, 3.63) is 107 Å². The highest BCUT2D eigenvalue weighted by molar-refractivity contribution is 9.10. The maximum Gasteiger partial charge on any atom is 0.254 e. The number of nitrogens with zero attached hydrogens (tertiary/aromatic N) is 3. The van der Waals surface area contributed by atoms with E-state index >= 15 is 0 Å². The van der Waals surface area contributed by atoms with E-state index in [9.17, 15) is 9.90 Å². The number of likely N-dealkylation sites (tertiary alicyclic amines) is 1. The summed E-state index contributed by atoms with van der Waals surface area (Å²) in [5.41, 5.74) is 3.10. The molecular weight excluding hydrogens is 540 g/mol. The van der Waals surface area contributed by atoms with Gasteiger partial charge in [0, 0.05) is 30.8 Å². The van der Waals surface area contributed by atoms with Gasteiger partial charge in [-0.15, -0.1) is 0 Å². The van der Waals surface area contributed by atoms with Gasteiger partial charge in [-0.25, -0.2) is 4.68 Å². The van der Waals surface area contributed by atoms with Crippen LogP contribution in [0.1, 0.15) is 34.5 Å². The topological polar surface area (TPSA) is 70.4 Å². The van der Waals surface area contributed by atoms with Gasteiger partial charge in [-0.1, -0.05) is 61.2 Å². The summed E-state index contributed by atoms with van der Waals surface area (Å²) in [6, 6.07) is 21.2. The maximum absolute atomic E-state index is 13.3. The summed E-state index contributed by atoms with van der Waals surface area (Å²) in [6.07, 6.45) is 5.52. The molecular formula is C31H31BrN4O2. The molecule has 38 heavy (non-hydrogen) atoms. The monoisotopic (exact) mass is 570 g/mol. The molecule has 2 N–H and O–H groups in total. The fourth-order valence-corrected chi connectivity index (χ4v) is 5.24. The maximum atomic E-state index is 13.3. The number of nitrogens with one attached hydrogen (secondary N) is 1. The lowest BCUT2D eigenvalue weighted by Crippen LogP contribution is -2.41. The first kappa shape index (κ1) is 25.8. The lowest BCUT2D eigenvalue weighted by molar-refractivity contribution is 0.0693. The van der Waals surface area contributed by atoms with Crippen LogP contribution in [0.4, 0.5) is 0 Å². The standard InChI is InChI=1S/C31H31BrN4O2/c1-21(25-10-5-6-13-29(25)37)18-30(36-22(2)28(32)20-34-36)33-19-23-14-16-35(17-15-23)31(38)27-12-7-9-24-8-3-4-11-26(24)27/h3-13,18,20,23,33,37H,1,14-17,19H2,2H3/b30-18-. The number of para-hydroxylation sites is 1. The minimum atomic E-state index is 0.102. The number of allylic oxidation sites excluding steroid dienone is 2. The van der Waals surface area contributed by atoms with Gasteiger partial charge >= 0.3 is 0 Å². The number of hydrogen-bond donors (Lipinski definition) is 2. The van der Waals surface area contributed by atoms with Gasteiger partial charge in [0.25, 0.3) is 5.91 Å². The predicted molar refractivity (Wildman–Crippen MR) is 157 cm³/mol. The summed E-state index contributed by atoms with van der Waals surface area (Å²) in [6.45, 7) is 8.38. The molecule has 3 aromatic carbocycles. The zero-order valence-corrected chi connectivity index (χ0v) is 23.0. The first-order chi connectivity index (χ1) is 18.4. The van der Waals surface area contributed by atoms with Crippen LogP contribution >= 0.6 is 15.9 Å². The van der Waals surface area contributed by atoms with E-state index in [-0.39, 0.29) is 11.7 Å². The molecule has 1 aliphatic rings. The molecule has 1 saturated heterocycles. The Kier molecular flexibility index (Phi) is 7.65. The van der Waals surface area contributed by atoms with Gasteiger partial charge in [-0.2, -0.15) is 5.10 Å². The third-order valence-electron chi connectivity index (χ3n) is 7.23. The predicted octanol–water partition coefficient (Wildman–Crippen LogP) is 6.47. The van der Waals surface area contributed by atoms with Gasteiger partial charge in [-0.05, 0) is 76.2 Å². The summed E-state index contributed by atoms with van der Waals surface area (Å²) in [5, 5.41) is 20.5. The zero-order chi connectivity index (χ0) is 26.6. The van der Waals surface area contributed by atoms with Gasteiger partial charge < -0.3 is 15.3 Å². The minimum absolute atomic E-state index is 0.102. The number of halogens is 1. The number of fused-ring (bicyclic) bond motifs is 1. The van der Waals surface area contributed by atoms with Crippen molar-refractivity contribution >= 4 is 44.0 Å². The Balaban J connectivity index is 1.27. The lowest BCUT2D eigenvalue weighted by Gasteiger charge is -2.32. The third kappa shape index (κ3) is 5.38. The number of aromatic nitrogens is 2. The highest BCUT2D eigenvalue weighted by atomic mass is 79.9. The first-order valence-electron chi connectivity index (χ1n) is 12.8. The number of hydrogen-bond acceptors (Lipinski definition) is 4. The lowest BCUT2D eigenvalue weighted by atomic mass is 9.95. The fraction of sp³-hybridized carbons (Fsp3) is 0.226.